The number of carbonyl (C=O) groups is 3. The molecule has 1 aliphatic heterocycles. The zero-order valence-electron chi connectivity index (χ0n) is 16.7. The van der Waals surface area contributed by atoms with Gasteiger partial charge in [0.25, 0.3) is 0 Å². The van der Waals surface area contributed by atoms with Crippen molar-refractivity contribution >= 4 is 24.0 Å². The van der Waals surface area contributed by atoms with Crippen molar-refractivity contribution in [1.29, 1.82) is 0 Å². The number of esters is 3. The molecule has 0 bridgehead atoms. The average molecular weight is 392 g/mol. The van der Waals surface area contributed by atoms with E-state index in [9.17, 15) is 14.4 Å². The van der Waals surface area contributed by atoms with Gasteiger partial charge in [0.05, 0.1) is 19.8 Å². The van der Waals surface area contributed by atoms with Crippen molar-refractivity contribution in [3.05, 3.63) is 29.3 Å². The Bertz CT molecular complexity index is 809. The maximum absolute atomic E-state index is 11.8. The largest absolute Gasteiger partial charge is 0.496 e. The van der Waals surface area contributed by atoms with Crippen LogP contribution in [-0.4, -0.2) is 43.8 Å². The highest BCUT2D eigenvalue weighted by atomic mass is 16.6. The van der Waals surface area contributed by atoms with Crippen molar-refractivity contribution in [3.8, 4) is 11.5 Å². The standard InChI is InChI=1S/C20H24O8/c1-11(21)26-18-16-14(28-20(3,4)19(18)27-12(2)22)9-7-13(17(16)25-6)8-10-15(23)24-5/h7-10,18-19H,1-6H3/b10-8+/t18-,19-/m0/s1. The van der Waals surface area contributed by atoms with Gasteiger partial charge in [-0.3, -0.25) is 9.59 Å². The van der Waals surface area contributed by atoms with E-state index in [1.807, 2.05) is 0 Å². The molecule has 0 aromatic heterocycles. The van der Waals surface area contributed by atoms with Crippen LogP contribution in [-0.2, 0) is 28.6 Å². The lowest BCUT2D eigenvalue weighted by atomic mass is 9.86. The van der Waals surface area contributed by atoms with E-state index < -0.39 is 35.7 Å². The minimum atomic E-state index is -0.965. The SMILES string of the molecule is COC(=O)/C=C/c1ccc2c(c1OC)[C@H](OC(C)=O)[C@H](OC(C)=O)C(C)(C)O2. The van der Waals surface area contributed by atoms with Gasteiger partial charge in [-0.2, -0.15) is 0 Å². The van der Waals surface area contributed by atoms with Crippen LogP contribution >= 0.6 is 0 Å². The quantitative estimate of drug-likeness (QED) is 0.428. The molecule has 0 spiro atoms. The highest BCUT2D eigenvalue weighted by molar-refractivity contribution is 5.87. The summed E-state index contributed by atoms with van der Waals surface area (Å²) in [5.41, 5.74) is -0.0170. The summed E-state index contributed by atoms with van der Waals surface area (Å²) in [4.78, 5) is 34.9. The van der Waals surface area contributed by atoms with Crippen molar-refractivity contribution in [1.82, 2.24) is 0 Å². The fraction of sp³-hybridized carbons (Fsp3) is 0.450. The Labute approximate surface area is 163 Å². The molecule has 0 aliphatic carbocycles. The van der Waals surface area contributed by atoms with Gasteiger partial charge in [0.2, 0.25) is 0 Å². The third-order valence-corrected chi connectivity index (χ3v) is 4.19. The number of rotatable bonds is 5. The van der Waals surface area contributed by atoms with Gasteiger partial charge in [-0.1, -0.05) is 0 Å². The molecule has 28 heavy (non-hydrogen) atoms. The third kappa shape index (κ3) is 4.44. The topological polar surface area (TPSA) is 97.4 Å². The van der Waals surface area contributed by atoms with Gasteiger partial charge in [-0.25, -0.2) is 4.79 Å². The number of ether oxygens (including phenoxy) is 5. The summed E-state index contributed by atoms with van der Waals surface area (Å²) in [6, 6.07) is 3.38. The second-order valence-corrected chi connectivity index (χ2v) is 6.72. The number of carbonyl (C=O) groups excluding carboxylic acids is 3. The molecule has 8 heteroatoms. The van der Waals surface area contributed by atoms with Crippen molar-refractivity contribution < 1.29 is 38.1 Å². The molecule has 0 fully saturated rings. The first-order chi connectivity index (χ1) is 13.1. The van der Waals surface area contributed by atoms with Gasteiger partial charge in [0.1, 0.15) is 17.1 Å². The van der Waals surface area contributed by atoms with Crippen LogP contribution in [0.25, 0.3) is 6.08 Å². The maximum atomic E-state index is 11.8. The fourth-order valence-corrected chi connectivity index (χ4v) is 3.08. The summed E-state index contributed by atoms with van der Waals surface area (Å²) in [5.74, 6) is -0.874. The molecular weight excluding hydrogens is 368 g/mol. The van der Waals surface area contributed by atoms with Crippen molar-refractivity contribution in [3.63, 3.8) is 0 Å². The van der Waals surface area contributed by atoms with Crippen LogP contribution in [0.2, 0.25) is 0 Å². The molecule has 0 amide bonds. The summed E-state index contributed by atoms with van der Waals surface area (Å²) in [7, 11) is 2.71. The lowest BCUT2D eigenvalue weighted by Crippen LogP contribution is -2.52. The fourth-order valence-electron chi connectivity index (χ4n) is 3.08. The van der Waals surface area contributed by atoms with Gasteiger partial charge in [-0.15, -0.1) is 0 Å². The van der Waals surface area contributed by atoms with E-state index in [2.05, 4.69) is 4.74 Å². The Kier molecular flexibility index (Phi) is 6.33. The number of fused-ring (bicyclic) bond motifs is 1. The highest BCUT2D eigenvalue weighted by Gasteiger charge is 2.49. The number of methoxy groups -OCH3 is 2. The molecule has 0 saturated carbocycles. The lowest BCUT2D eigenvalue weighted by molar-refractivity contribution is -0.188. The van der Waals surface area contributed by atoms with E-state index in [1.165, 1.54) is 40.2 Å². The molecule has 0 radical (unpaired) electrons. The van der Waals surface area contributed by atoms with Crippen LogP contribution < -0.4 is 9.47 Å². The van der Waals surface area contributed by atoms with E-state index in [0.717, 1.165) is 0 Å². The van der Waals surface area contributed by atoms with Crippen LogP contribution in [0, 0.1) is 0 Å². The average Bonchev–Trinajstić information content (AvgIpc) is 2.61. The van der Waals surface area contributed by atoms with Crippen molar-refractivity contribution in [2.45, 2.75) is 45.5 Å². The Morgan fingerprint density at radius 3 is 2.25 bits per heavy atom. The minimum Gasteiger partial charge on any atom is -0.496 e. The third-order valence-electron chi connectivity index (χ3n) is 4.19. The van der Waals surface area contributed by atoms with Gasteiger partial charge in [0, 0.05) is 25.5 Å². The Morgan fingerprint density at radius 1 is 1.07 bits per heavy atom. The molecule has 152 valence electrons. The van der Waals surface area contributed by atoms with Gasteiger partial charge < -0.3 is 23.7 Å². The number of benzene rings is 1. The van der Waals surface area contributed by atoms with E-state index in [-0.39, 0.29) is 0 Å². The second kappa shape index (κ2) is 8.33. The molecule has 8 nitrogen and oxygen atoms in total. The normalized spacial score (nSPS) is 19.9. The first-order valence-corrected chi connectivity index (χ1v) is 8.61. The Morgan fingerprint density at radius 2 is 1.71 bits per heavy atom. The summed E-state index contributed by atoms with van der Waals surface area (Å²) in [6.07, 6.45) is 0.884. The first-order valence-electron chi connectivity index (χ1n) is 8.61. The predicted molar refractivity (Wildman–Crippen MR) is 98.8 cm³/mol. The van der Waals surface area contributed by atoms with Gasteiger partial charge in [0.15, 0.2) is 12.2 Å². The first kappa shape index (κ1) is 21.3. The predicted octanol–water partition coefficient (Wildman–Crippen LogP) is 2.59. The van der Waals surface area contributed by atoms with Crippen LogP contribution in [0.15, 0.2) is 18.2 Å². The molecule has 1 heterocycles. The van der Waals surface area contributed by atoms with E-state index in [1.54, 1.807) is 26.0 Å². The molecule has 0 unspecified atom stereocenters. The number of hydrogen-bond donors (Lipinski definition) is 0. The zero-order valence-corrected chi connectivity index (χ0v) is 16.7. The van der Waals surface area contributed by atoms with Crippen LogP contribution in [0.5, 0.6) is 11.5 Å². The maximum Gasteiger partial charge on any atom is 0.330 e. The second-order valence-electron chi connectivity index (χ2n) is 6.72. The van der Waals surface area contributed by atoms with Gasteiger partial charge in [-0.05, 0) is 32.1 Å². The minimum absolute atomic E-state index is 0.330. The van der Waals surface area contributed by atoms with E-state index in [4.69, 9.17) is 18.9 Å². The van der Waals surface area contributed by atoms with Gasteiger partial charge >= 0.3 is 17.9 Å². The highest BCUT2D eigenvalue weighted by Crippen LogP contribution is 2.48. The zero-order chi connectivity index (χ0) is 21.1. The molecule has 1 aromatic carbocycles. The van der Waals surface area contributed by atoms with Crippen molar-refractivity contribution in [2.75, 3.05) is 14.2 Å². The monoisotopic (exact) mass is 392 g/mol. The molecular formula is C20H24O8. The number of hydrogen-bond acceptors (Lipinski definition) is 8. The summed E-state index contributed by atoms with van der Waals surface area (Å²) in [5, 5.41) is 0. The molecule has 1 aromatic rings. The van der Waals surface area contributed by atoms with Crippen molar-refractivity contribution in [2.24, 2.45) is 0 Å². The summed E-state index contributed by atoms with van der Waals surface area (Å²) in [6.45, 7) is 6.00. The molecule has 0 saturated heterocycles. The smallest absolute Gasteiger partial charge is 0.330 e. The molecule has 1 aliphatic rings. The van der Waals surface area contributed by atoms with E-state index >= 15 is 0 Å². The molecule has 2 rings (SSSR count). The Hall–Kier alpha value is -3.03. The van der Waals surface area contributed by atoms with E-state index in [0.29, 0.717) is 22.6 Å². The van der Waals surface area contributed by atoms with Crippen LogP contribution in [0.1, 0.15) is 44.9 Å². The van der Waals surface area contributed by atoms with Crippen LogP contribution in [0.3, 0.4) is 0 Å². The molecule has 2 atom stereocenters. The lowest BCUT2D eigenvalue weighted by Gasteiger charge is -2.43. The summed E-state index contributed by atoms with van der Waals surface area (Å²) >= 11 is 0. The Balaban J connectivity index is 2.66. The molecule has 0 N–H and O–H groups in total. The van der Waals surface area contributed by atoms with Crippen LogP contribution in [0.4, 0.5) is 0 Å². The summed E-state index contributed by atoms with van der Waals surface area (Å²) < 4.78 is 27.1.